The number of aromatic nitrogens is 1. The van der Waals surface area contributed by atoms with Gasteiger partial charge in [0.2, 0.25) is 0 Å². The molecular weight excluding hydrogens is 492 g/mol. The molecule has 0 saturated carbocycles. The van der Waals surface area contributed by atoms with Crippen LogP contribution in [0.5, 0.6) is 0 Å². The number of amides is 1. The van der Waals surface area contributed by atoms with Gasteiger partial charge >= 0.3 is 0 Å². The summed E-state index contributed by atoms with van der Waals surface area (Å²) in [6.07, 6.45) is 1.88. The van der Waals surface area contributed by atoms with Crippen molar-refractivity contribution >= 4 is 29.2 Å². The quantitative estimate of drug-likeness (QED) is 0.279. The number of fused-ring (bicyclic) bond motifs is 1. The molecule has 4 aromatic rings. The molecule has 0 N–H and O–H groups in total. The molecule has 1 atom stereocenters. The number of halogens is 1. The Morgan fingerprint density at radius 1 is 0.842 bits per heavy atom. The van der Waals surface area contributed by atoms with E-state index in [-0.39, 0.29) is 24.4 Å². The van der Waals surface area contributed by atoms with Crippen molar-refractivity contribution < 1.29 is 4.79 Å². The molecular formula is C32H37ClN4O. The Morgan fingerprint density at radius 3 is 2.21 bits per heavy atom. The Hall–Kier alpha value is -3.25. The molecule has 38 heavy (non-hydrogen) atoms. The third-order valence-corrected chi connectivity index (χ3v) is 7.50. The fourth-order valence-electron chi connectivity index (χ4n) is 5.46. The van der Waals surface area contributed by atoms with Crippen LogP contribution in [0.2, 0.25) is 0 Å². The van der Waals surface area contributed by atoms with Crippen LogP contribution in [0.25, 0.3) is 10.9 Å². The number of carbonyl (C=O) groups excluding carboxylic acids is 1. The second-order valence-corrected chi connectivity index (χ2v) is 9.72. The molecule has 1 saturated heterocycles. The summed E-state index contributed by atoms with van der Waals surface area (Å²) in [7, 11) is 0. The lowest BCUT2D eigenvalue weighted by Gasteiger charge is -2.40. The zero-order valence-electron chi connectivity index (χ0n) is 22.3. The van der Waals surface area contributed by atoms with E-state index in [4.69, 9.17) is 4.98 Å². The van der Waals surface area contributed by atoms with Crippen LogP contribution >= 0.6 is 12.4 Å². The van der Waals surface area contributed by atoms with Gasteiger partial charge in [0.1, 0.15) is 0 Å². The zero-order chi connectivity index (χ0) is 25.6. The first-order valence-electron chi connectivity index (χ1n) is 13.4. The van der Waals surface area contributed by atoms with Gasteiger partial charge in [-0.15, -0.1) is 12.4 Å². The zero-order valence-corrected chi connectivity index (χ0v) is 23.1. The first-order valence-corrected chi connectivity index (χ1v) is 13.4. The standard InChI is InChI=1S/C32H36N4O.ClH/c1-3-35(4-2)32(37)28-17-15-27(16-18-28)31(29-14-8-12-26-13-9-19-33-30(26)29)36-22-20-34(21-23-36)24-25-10-6-5-7-11-25;/h5-19,31H,3-4,20-24H2,1-2H3;1H. The second kappa shape index (κ2) is 13.0. The van der Waals surface area contributed by atoms with Crippen LogP contribution in [0.1, 0.15) is 46.9 Å². The number of piperazine rings is 1. The number of hydrogen-bond acceptors (Lipinski definition) is 4. The third kappa shape index (κ3) is 6.07. The number of hydrogen-bond donors (Lipinski definition) is 0. The minimum absolute atomic E-state index is 0. The Bertz CT molecular complexity index is 1310. The highest BCUT2D eigenvalue weighted by Gasteiger charge is 2.28. The summed E-state index contributed by atoms with van der Waals surface area (Å²) < 4.78 is 0. The summed E-state index contributed by atoms with van der Waals surface area (Å²) in [5.74, 6) is 0.0921. The first kappa shape index (κ1) is 27.8. The molecule has 2 heterocycles. The molecule has 0 bridgehead atoms. The van der Waals surface area contributed by atoms with Gasteiger partial charge < -0.3 is 4.90 Å². The highest BCUT2D eigenvalue weighted by atomic mass is 35.5. The van der Waals surface area contributed by atoms with Crippen molar-refractivity contribution in [2.45, 2.75) is 26.4 Å². The predicted molar refractivity (Wildman–Crippen MR) is 158 cm³/mol. The molecule has 5 rings (SSSR count). The minimum Gasteiger partial charge on any atom is -0.339 e. The molecule has 1 amide bonds. The summed E-state index contributed by atoms with van der Waals surface area (Å²) in [6, 6.07) is 29.7. The van der Waals surface area contributed by atoms with E-state index in [1.54, 1.807) is 0 Å². The minimum atomic E-state index is 0. The summed E-state index contributed by atoms with van der Waals surface area (Å²) >= 11 is 0. The number of rotatable bonds is 8. The van der Waals surface area contributed by atoms with Gasteiger partial charge in [-0.2, -0.15) is 0 Å². The Balaban J connectivity index is 0.00000336. The number of carbonyl (C=O) groups is 1. The van der Waals surface area contributed by atoms with Crippen molar-refractivity contribution in [2.24, 2.45) is 0 Å². The molecule has 1 fully saturated rings. The number of nitrogens with zero attached hydrogens (tertiary/aromatic N) is 4. The van der Waals surface area contributed by atoms with Crippen molar-refractivity contribution in [1.82, 2.24) is 19.7 Å². The van der Waals surface area contributed by atoms with Gasteiger partial charge in [0.05, 0.1) is 11.6 Å². The van der Waals surface area contributed by atoms with Gasteiger partial charge in [-0.25, -0.2) is 0 Å². The molecule has 0 aliphatic carbocycles. The van der Waals surface area contributed by atoms with Crippen molar-refractivity contribution in [3.8, 4) is 0 Å². The highest BCUT2D eigenvalue weighted by Crippen LogP contribution is 2.34. The van der Waals surface area contributed by atoms with E-state index >= 15 is 0 Å². The Morgan fingerprint density at radius 2 is 1.53 bits per heavy atom. The van der Waals surface area contributed by atoms with Crippen LogP contribution in [-0.4, -0.2) is 64.9 Å². The maximum atomic E-state index is 12.9. The molecule has 0 spiro atoms. The van der Waals surface area contributed by atoms with Gasteiger partial charge in [0, 0.05) is 68.5 Å². The van der Waals surface area contributed by atoms with Crippen molar-refractivity contribution in [3.63, 3.8) is 0 Å². The van der Waals surface area contributed by atoms with Crippen LogP contribution in [-0.2, 0) is 6.54 Å². The maximum absolute atomic E-state index is 12.9. The van der Waals surface area contributed by atoms with E-state index in [0.29, 0.717) is 13.1 Å². The first-order chi connectivity index (χ1) is 18.2. The van der Waals surface area contributed by atoms with E-state index in [2.05, 4.69) is 76.5 Å². The molecule has 1 aliphatic heterocycles. The smallest absolute Gasteiger partial charge is 0.253 e. The third-order valence-electron chi connectivity index (χ3n) is 7.50. The molecule has 1 aliphatic rings. The molecule has 0 radical (unpaired) electrons. The Kier molecular flexibility index (Phi) is 9.51. The normalized spacial score (nSPS) is 15.1. The fraction of sp³-hybridized carbons (Fsp3) is 0.312. The van der Waals surface area contributed by atoms with Gasteiger partial charge in [-0.1, -0.05) is 66.7 Å². The average molecular weight is 529 g/mol. The molecule has 5 nitrogen and oxygen atoms in total. The van der Waals surface area contributed by atoms with Crippen LogP contribution in [0.4, 0.5) is 0 Å². The fourth-order valence-corrected chi connectivity index (χ4v) is 5.46. The van der Waals surface area contributed by atoms with Gasteiger partial charge in [-0.3, -0.25) is 19.6 Å². The predicted octanol–water partition coefficient (Wildman–Crippen LogP) is 6.05. The molecule has 6 heteroatoms. The van der Waals surface area contributed by atoms with Crippen molar-refractivity contribution in [3.05, 3.63) is 113 Å². The lowest BCUT2D eigenvalue weighted by molar-refractivity contribution is 0.0773. The van der Waals surface area contributed by atoms with E-state index in [0.717, 1.165) is 49.2 Å². The second-order valence-electron chi connectivity index (χ2n) is 9.72. The van der Waals surface area contributed by atoms with E-state index in [1.807, 2.05) is 43.1 Å². The molecule has 3 aromatic carbocycles. The topological polar surface area (TPSA) is 39.7 Å². The van der Waals surface area contributed by atoms with E-state index in [1.165, 1.54) is 16.7 Å². The van der Waals surface area contributed by atoms with Crippen LogP contribution < -0.4 is 0 Å². The summed E-state index contributed by atoms with van der Waals surface area (Å²) in [6.45, 7) is 10.4. The van der Waals surface area contributed by atoms with E-state index in [9.17, 15) is 4.79 Å². The largest absolute Gasteiger partial charge is 0.339 e. The summed E-state index contributed by atoms with van der Waals surface area (Å²) in [4.78, 5) is 24.7. The van der Waals surface area contributed by atoms with Crippen LogP contribution in [0, 0.1) is 0 Å². The monoisotopic (exact) mass is 528 g/mol. The van der Waals surface area contributed by atoms with Crippen molar-refractivity contribution in [1.29, 1.82) is 0 Å². The van der Waals surface area contributed by atoms with Gasteiger partial charge in [-0.05, 0) is 43.2 Å². The number of benzene rings is 3. The lowest BCUT2D eigenvalue weighted by Crippen LogP contribution is -2.47. The summed E-state index contributed by atoms with van der Waals surface area (Å²) in [5.41, 5.74) is 5.57. The highest BCUT2D eigenvalue weighted by molar-refractivity contribution is 5.94. The van der Waals surface area contributed by atoms with Crippen LogP contribution in [0.15, 0.2) is 91.1 Å². The van der Waals surface area contributed by atoms with Gasteiger partial charge in [0.15, 0.2) is 0 Å². The maximum Gasteiger partial charge on any atom is 0.253 e. The molecule has 1 unspecified atom stereocenters. The Labute approximate surface area is 232 Å². The van der Waals surface area contributed by atoms with Crippen LogP contribution in [0.3, 0.4) is 0 Å². The van der Waals surface area contributed by atoms with E-state index < -0.39 is 0 Å². The summed E-state index contributed by atoms with van der Waals surface area (Å²) in [5, 5.41) is 1.15. The SMILES string of the molecule is CCN(CC)C(=O)c1ccc(C(c2cccc3cccnc23)N2CCN(Cc3ccccc3)CC2)cc1.Cl. The lowest BCUT2D eigenvalue weighted by atomic mass is 9.93. The van der Waals surface area contributed by atoms with Crippen molar-refractivity contribution in [2.75, 3.05) is 39.3 Å². The molecule has 198 valence electrons. The van der Waals surface area contributed by atoms with Gasteiger partial charge in [0.25, 0.3) is 5.91 Å². The molecule has 1 aromatic heterocycles. The number of para-hydroxylation sites is 1. The number of pyridine rings is 1. The average Bonchev–Trinajstić information content (AvgIpc) is 2.96.